The lowest BCUT2D eigenvalue weighted by molar-refractivity contribution is 1.02. The van der Waals surface area contributed by atoms with Gasteiger partial charge in [0.15, 0.2) is 5.65 Å². The minimum atomic E-state index is -0.232. The molecule has 2 aromatic carbocycles. The van der Waals surface area contributed by atoms with Crippen LogP contribution in [0.5, 0.6) is 0 Å². The molecule has 0 atom stereocenters. The van der Waals surface area contributed by atoms with Crippen LogP contribution in [0.3, 0.4) is 0 Å². The van der Waals surface area contributed by atoms with E-state index in [4.69, 9.17) is 5.26 Å². The van der Waals surface area contributed by atoms with Gasteiger partial charge in [-0.1, -0.05) is 0 Å². The van der Waals surface area contributed by atoms with Gasteiger partial charge in [-0.05, 0) is 54.6 Å². The predicted molar refractivity (Wildman–Crippen MR) is 101 cm³/mol. The average molecular weight is 352 g/mol. The molecule has 0 spiro atoms. The van der Waals surface area contributed by atoms with E-state index in [1.165, 1.54) is 0 Å². The van der Waals surface area contributed by atoms with Crippen molar-refractivity contribution in [1.29, 1.82) is 5.26 Å². The van der Waals surface area contributed by atoms with Crippen LogP contribution in [0.25, 0.3) is 39.3 Å². The highest BCUT2D eigenvalue weighted by molar-refractivity contribution is 5.81. The minimum Gasteiger partial charge on any atom is -0.338 e. The van der Waals surface area contributed by atoms with E-state index in [2.05, 4.69) is 26.0 Å². The molecule has 5 rings (SSSR count). The summed E-state index contributed by atoms with van der Waals surface area (Å²) in [6, 6.07) is 18.6. The SMILES string of the molecule is N#Cc1ccc2[nH]c(-c3ccc(-n4c(=O)[nH]c5ncccc54)cc3)nc2c1. The van der Waals surface area contributed by atoms with Gasteiger partial charge in [0.05, 0.1) is 33.9 Å². The third-order valence-electron chi connectivity index (χ3n) is 4.47. The van der Waals surface area contributed by atoms with Gasteiger partial charge in [0.1, 0.15) is 5.82 Å². The molecule has 2 N–H and O–H groups in total. The first-order valence-corrected chi connectivity index (χ1v) is 8.29. The third kappa shape index (κ3) is 2.40. The van der Waals surface area contributed by atoms with Crippen LogP contribution in [0.2, 0.25) is 0 Å². The number of fused-ring (bicyclic) bond motifs is 2. The second kappa shape index (κ2) is 5.68. The van der Waals surface area contributed by atoms with E-state index in [0.717, 1.165) is 27.8 Å². The first kappa shape index (κ1) is 15.1. The summed E-state index contributed by atoms with van der Waals surface area (Å²) in [6.07, 6.45) is 1.64. The molecule has 7 heteroatoms. The average Bonchev–Trinajstić information content (AvgIpc) is 3.27. The molecule has 0 amide bonds. The van der Waals surface area contributed by atoms with E-state index < -0.39 is 0 Å². The Bertz CT molecular complexity index is 1400. The number of hydrogen-bond donors (Lipinski definition) is 2. The number of nitriles is 1. The number of nitrogens with one attached hydrogen (secondary N) is 2. The molecule has 7 nitrogen and oxygen atoms in total. The lowest BCUT2D eigenvalue weighted by Crippen LogP contribution is -2.14. The maximum atomic E-state index is 12.3. The van der Waals surface area contributed by atoms with Crippen molar-refractivity contribution < 1.29 is 0 Å². The van der Waals surface area contributed by atoms with Crippen molar-refractivity contribution in [2.45, 2.75) is 0 Å². The highest BCUT2D eigenvalue weighted by atomic mass is 16.1. The number of aromatic amines is 2. The van der Waals surface area contributed by atoms with Crippen molar-refractivity contribution in [3.8, 4) is 23.1 Å². The molecule has 0 fully saturated rings. The van der Waals surface area contributed by atoms with Crippen LogP contribution in [0.1, 0.15) is 5.56 Å². The van der Waals surface area contributed by atoms with Crippen molar-refractivity contribution in [2.75, 3.05) is 0 Å². The first-order chi connectivity index (χ1) is 13.2. The maximum absolute atomic E-state index is 12.3. The van der Waals surface area contributed by atoms with Crippen molar-refractivity contribution in [1.82, 2.24) is 24.5 Å². The summed E-state index contributed by atoms with van der Waals surface area (Å²) in [6.45, 7) is 0. The highest BCUT2D eigenvalue weighted by Gasteiger charge is 2.10. The van der Waals surface area contributed by atoms with Crippen LogP contribution >= 0.6 is 0 Å². The number of pyridine rings is 1. The molecule has 5 aromatic rings. The smallest absolute Gasteiger partial charge is 0.332 e. The molecule has 0 saturated heterocycles. The fourth-order valence-corrected chi connectivity index (χ4v) is 3.18. The number of rotatable bonds is 2. The molecule has 0 unspecified atom stereocenters. The molecular weight excluding hydrogens is 340 g/mol. The minimum absolute atomic E-state index is 0.232. The predicted octanol–water partition coefficient (Wildman–Crippen LogP) is 3.13. The summed E-state index contributed by atoms with van der Waals surface area (Å²) in [4.78, 5) is 27.0. The second-order valence-corrected chi connectivity index (χ2v) is 6.11. The number of benzene rings is 2. The number of nitrogens with zero attached hydrogens (tertiary/aromatic N) is 4. The van der Waals surface area contributed by atoms with Gasteiger partial charge in [0, 0.05) is 11.8 Å². The van der Waals surface area contributed by atoms with Crippen molar-refractivity contribution in [3.63, 3.8) is 0 Å². The number of aromatic nitrogens is 5. The van der Waals surface area contributed by atoms with E-state index >= 15 is 0 Å². The lowest BCUT2D eigenvalue weighted by atomic mass is 10.2. The zero-order valence-electron chi connectivity index (χ0n) is 14.0. The van der Waals surface area contributed by atoms with Gasteiger partial charge in [-0.3, -0.25) is 9.55 Å². The van der Waals surface area contributed by atoms with Crippen LogP contribution in [0.4, 0.5) is 0 Å². The molecule has 0 saturated carbocycles. The monoisotopic (exact) mass is 352 g/mol. The Labute approximate surface area is 152 Å². The van der Waals surface area contributed by atoms with Crippen LogP contribution in [0.15, 0.2) is 65.6 Å². The Morgan fingerprint density at radius 3 is 2.70 bits per heavy atom. The van der Waals surface area contributed by atoms with Crippen molar-refractivity contribution in [3.05, 3.63) is 76.8 Å². The zero-order chi connectivity index (χ0) is 18.4. The third-order valence-corrected chi connectivity index (χ3v) is 4.47. The van der Waals surface area contributed by atoms with Gasteiger partial charge >= 0.3 is 5.69 Å². The molecule has 0 aliphatic heterocycles. The topological polar surface area (TPSA) is 103 Å². The Morgan fingerprint density at radius 1 is 1.04 bits per heavy atom. The van der Waals surface area contributed by atoms with Gasteiger partial charge < -0.3 is 4.98 Å². The van der Waals surface area contributed by atoms with E-state index in [0.29, 0.717) is 17.0 Å². The van der Waals surface area contributed by atoms with E-state index in [1.54, 1.807) is 29.0 Å². The van der Waals surface area contributed by atoms with Crippen LogP contribution in [0, 0.1) is 11.3 Å². The van der Waals surface area contributed by atoms with E-state index in [-0.39, 0.29) is 5.69 Å². The summed E-state index contributed by atoms with van der Waals surface area (Å²) in [7, 11) is 0. The molecule has 128 valence electrons. The molecule has 0 aliphatic rings. The van der Waals surface area contributed by atoms with Crippen molar-refractivity contribution in [2.24, 2.45) is 0 Å². The zero-order valence-corrected chi connectivity index (χ0v) is 14.0. The van der Waals surface area contributed by atoms with Gasteiger partial charge in [0.2, 0.25) is 0 Å². The molecular formula is C20H12N6O. The van der Waals surface area contributed by atoms with Crippen LogP contribution < -0.4 is 5.69 Å². The largest absolute Gasteiger partial charge is 0.338 e. The quantitative estimate of drug-likeness (QED) is 0.509. The van der Waals surface area contributed by atoms with E-state index in [9.17, 15) is 4.79 Å². The Morgan fingerprint density at radius 2 is 1.89 bits per heavy atom. The number of hydrogen-bond acceptors (Lipinski definition) is 4. The van der Waals surface area contributed by atoms with E-state index in [1.807, 2.05) is 36.4 Å². The standard InChI is InChI=1S/C20H12N6O/c21-11-12-3-8-15-16(10-12)24-18(23-15)13-4-6-14(7-5-13)26-17-2-1-9-22-19(17)25-20(26)27/h1-10H,(H,23,24)(H,22,25,27). The first-order valence-electron chi connectivity index (χ1n) is 8.29. The van der Waals surface area contributed by atoms with Gasteiger partial charge in [-0.15, -0.1) is 0 Å². The van der Waals surface area contributed by atoms with Crippen molar-refractivity contribution >= 4 is 22.2 Å². The lowest BCUT2D eigenvalue weighted by Gasteiger charge is -2.04. The maximum Gasteiger partial charge on any atom is 0.332 e. The van der Waals surface area contributed by atoms with Gasteiger partial charge in [-0.25, -0.2) is 14.8 Å². The molecule has 0 radical (unpaired) electrons. The summed E-state index contributed by atoms with van der Waals surface area (Å²) in [5, 5.41) is 9.02. The van der Waals surface area contributed by atoms with Gasteiger partial charge in [0.25, 0.3) is 0 Å². The number of H-pyrrole nitrogens is 2. The Hall–Kier alpha value is -4.18. The Kier molecular flexibility index (Phi) is 3.18. The molecule has 3 heterocycles. The fraction of sp³-hybridized carbons (Fsp3) is 0. The summed E-state index contributed by atoms with van der Waals surface area (Å²) < 4.78 is 1.59. The summed E-state index contributed by atoms with van der Waals surface area (Å²) >= 11 is 0. The van der Waals surface area contributed by atoms with Crippen LogP contribution in [-0.2, 0) is 0 Å². The fourth-order valence-electron chi connectivity index (χ4n) is 3.18. The second-order valence-electron chi connectivity index (χ2n) is 6.11. The molecule has 0 bridgehead atoms. The van der Waals surface area contributed by atoms with Gasteiger partial charge in [-0.2, -0.15) is 5.26 Å². The summed E-state index contributed by atoms with van der Waals surface area (Å²) in [5.74, 6) is 0.708. The van der Waals surface area contributed by atoms with Crippen LogP contribution in [-0.4, -0.2) is 24.5 Å². The normalized spacial score (nSPS) is 11.1. The molecule has 3 aromatic heterocycles. The molecule has 0 aliphatic carbocycles. The highest BCUT2D eigenvalue weighted by Crippen LogP contribution is 2.23. The Balaban J connectivity index is 1.58. The molecule has 27 heavy (non-hydrogen) atoms. The summed E-state index contributed by atoms with van der Waals surface area (Å²) in [5.41, 5.74) is 4.86. The number of imidazole rings is 2.